The van der Waals surface area contributed by atoms with E-state index in [1.807, 2.05) is 0 Å². The zero-order valence-corrected chi connectivity index (χ0v) is 64.1. The van der Waals surface area contributed by atoms with Crippen LogP contribution in [0.1, 0.15) is 88.0 Å². The number of hydrogen-bond acceptors (Lipinski definition) is 22. The van der Waals surface area contributed by atoms with Crippen LogP contribution in [0.25, 0.3) is 0 Å². The van der Waals surface area contributed by atoms with Gasteiger partial charge in [-0.3, -0.25) is 19.2 Å². The third-order valence-electron chi connectivity index (χ3n) is 13.4. The van der Waals surface area contributed by atoms with Gasteiger partial charge < -0.3 is 109 Å². The van der Waals surface area contributed by atoms with Gasteiger partial charge in [0, 0.05) is 69.6 Å². The molecule has 4 rings (SSSR count). The Kier molecular flexibility index (Phi) is 55.5. The molecule has 495 valence electrons. The van der Waals surface area contributed by atoms with Crippen molar-refractivity contribution in [3.63, 3.8) is 0 Å². The molecule has 1 radical (unpaired) electrons. The van der Waals surface area contributed by atoms with Gasteiger partial charge in [-0.2, -0.15) is 0 Å². The van der Waals surface area contributed by atoms with Gasteiger partial charge in [-0.15, -0.1) is 34.5 Å². The van der Waals surface area contributed by atoms with Gasteiger partial charge in [0.25, 0.3) is 17.7 Å². The Morgan fingerprint density at radius 2 is 0.688 bits per heavy atom. The van der Waals surface area contributed by atoms with Gasteiger partial charge >= 0.3 is 135 Å². The number of unbranched alkanes of at least 4 members (excludes halogenated alkanes) is 2. The summed E-state index contributed by atoms with van der Waals surface area (Å²) in [5.74, 6) is -7.22. The molecule has 4 aromatic carbocycles. The van der Waals surface area contributed by atoms with Crippen molar-refractivity contribution in [3.8, 4) is 51.7 Å². The molecule has 0 bridgehead atoms. The number of carbonyl (C=O) groups is 4. The Hall–Kier alpha value is -2.88. The van der Waals surface area contributed by atoms with Crippen molar-refractivity contribution < 1.29 is 242 Å². The zero-order valence-electron chi connectivity index (χ0n) is 54.9. The third-order valence-corrected chi connectivity index (χ3v) is 13.4. The van der Waals surface area contributed by atoms with Crippen LogP contribution in [0.4, 0.5) is 0 Å². The normalized spacial score (nSPS) is 10.7. The first-order chi connectivity index (χ1) is 42.8. The summed E-state index contributed by atoms with van der Waals surface area (Å²) in [6.45, 7) is 5.14. The molecule has 0 atom stereocenters. The molecule has 0 fully saturated rings. The van der Waals surface area contributed by atoms with Gasteiger partial charge in [0.2, 0.25) is 11.7 Å². The van der Waals surface area contributed by atoms with Crippen LogP contribution in [0, 0.1) is 5.41 Å². The Bertz CT molecular complexity index is 2580. The quantitative estimate of drug-likeness (QED) is 0.0236. The number of ether oxygens (including phenoxy) is 12. The maximum Gasteiger partial charge on any atom is 2.00 e. The van der Waals surface area contributed by atoms with Crippen molar-refractivity contribution >= 4 is 23.6 Å². The van der Waals surface area contributed by atoms with Crippen molar-refractivity contribution in [2.24, 2.45) is 5.41 Å². The maximum absolute atomic E-state index is 15.2. The largest absolute Gasteiger partial charge is 2.00 e. The number of nitrogens with one attached hydrogen (secondary N) is 4. The topological polar surface area (TPSA) is 366 Å². The Morgan fingerprint density at radius 3 is 1.03 bits per heavy atom. The average Bonchev–Trinajstić information content (AvgIpc) is 0.976. The molecule has 0 heterocycles. The van der Waals surface area contributed by atoms with Gasteiger partial charge in [-0.25, -0.2) is 0 Å². The Morgan fingerprint density at radius 1 is 0.387 bits per heavy atom. The SMILES string of the molecule is COCCOCCOCCOc1cc(CNC(=O)C(CCCCNC(=O)c2cccc([O-])c2[O-])(CCCCNC(=O)c2cccc([O-])c2[O-])CCCNC(=O)c2cccc([O-])c2[O-])cc(OCCOCCOCCOC)c1OCCOCCOCCOC.[Mn+2].[Na+].[Na+].[Na+].[Na+]. The summed E-state index contributed by atoms with van der Waals surface area (Å²) < 4.78 is 67.9. The van der Waals surface area contributed by atoms with Crippen molar-refractivity contribution in [2.75, 3.05) is 160 Å². The van der Waals surface area contributed by atoms with Crippen LogP contribution < -0.4 is 184 Å². The van der Waals surface area contributed by atoms with Gasteiger partial charge in [0.15, 0.2) is 11.5 Å². The van der Waals surface area contributed by atoms with Crippen LogP contribution in [0.5, 0.6) is 51.7 Å². The van der Waals surface area contributed by atoms with E-state index in [1.54, 1.807) is 33.5 Å². The average molecular weight is 1380 g/mol. The minimum atomic E-state index is -1.22. The van der Waals surface area contributed by atoms with Crippen LogP contribution in [0.3, 0.4) is 0 Å². The second kappa shape index (κ2) is 56.0. The standard InChI is InChI=1S/C62H90N4O22.Mn.4Na/c1-77-24-27-80-30-33-83-36-39-86-52-42-45(43-53(87-40-37-84-34-31-81-28-25-78-2)57(52)88-41-38-85-35-32-82-29-26-79-3)44-66-61(76)62(20-11-23-65-60(75)48-14-10-17-51(69)56(48)72,18-4-6-21-63-58(73)46-12-8-15-49(67)54(46)70)19-5-7-22-64-59(74)47-13-9-16-50(68)55(47)71;;;;;/h8-10,12-17,42-43,67-72H,4-7,11,18-41,44H2,1-3H3,(H,63,73)(H,64,74)(H,65,75)(H,66,76);;;;;/q;+2;4*+1/p-6. The molecule has 93 heavy (non-hydrogen) atoms. The fourth-order valence-corrected chi connectivity index (χ4v) is 8.77. The number of amides is 4. The molecular formula is C62H84MnN4Na4O22. The number of methoxy groups -OCH3 is 3. The van der Waals surface area contributed by atoms with Crippen molar-refractivity contribution in [1.82, 2.24) is 21.3 Å². The van der Waals surface area contributed by atoms with Crippen LogP contribution in [-0.2, 0) is 71.0 Å². The first-order valence-corrected chi connectivity index (χ1v) is 29.3. The molecule has 0 unspecified atom stereocenters. The van der Waals surface area contributed by atoms with E-state index in [2.05, 4.69) is 21.3 Å². The second-order valence-electron chi connectivity index (χ2n) is 19.8. The van der Waals surface area contributed by atoms with Gasteiger partial charge in [-0.05, 0) is 56.2 Å². The number of hydrogen-bond donors (Lipinski definition) is 4. The summed E-state index contributed by atoms with van der Waals surface area (Å²) in [6, 6.07) is 14.3. The molecule has 26 nitrogen and oxygen atoms in total. The summed E-state index contributed by atoms with van der Waals surface area (Å²) >= 11 is 0. The molecule has 0 aliphatic rings. The van der Waals surface area contributed by atoms with Gasteiger partial charge in [-0.1, -0.05) is 67.4 Å². The van der Waals surface area contributed by atoms with E-state index in [0.717, 1.165) is 18.2 Å². The Labute approximate surface area is 644 Å². The van der Waals surface area contributed by atoms with E-state index >= 15 is 4.79 Å². The predicted molar refractivity (Wildman–Crippen MR) is 308 cm³/mol. The summed E-state index contributed by atoms with van der Waals surface area (Å²) in [4.78, 5) is 54.5. The first kappa shape index (κ1) is 92.2. The van der Waals surface area contributed by atoms with E-state index in [-0.39, 0.29) is 274 Å². The van der Waals surface area contributed by atoms with Gasteiger partial charge in [0.05, 0.1) is 99.1 Å². The predicted octanol–water partition coefficient (Wildman–Crippen LogP) is -10.7. The fourth-order valence-electron chi connectivity index (χ4n) is 8.77. The molecule has 31 heteroatoms. The van der Waals surface area contributed by atoms with Gasteiger partial charge in [0.1, 0.15) is 19.8 Å². The van der Waals surface area contributed by atoms with Crippen molar-refractivity contribution in [1.29, 1.82) is 0 Å². The zero-order chi connectivity index (χ0) is 63.6. The number of para-hydroxylation sites is 3. The molecular weight excluding hydrogens is 1300 g/mol. The van der Waals surface area contributed by atoms with Crippen LogP contribution in [-0.4, -0.2) is 184 Å². The smallest absolute Gasteiger partial charge is 0.873 e. The van der Waals surface area contributed by atoms with Crippen molar-refractivity contribution in [2.45, 2.75) is 57.9 Å². The van der Waals surface area contributed by atoms with E-state index in [4.69, 9.17) is 56.8 Å². The molecule has 0 saturated carbocycles. The molecule has 4 amide bonds. The maximum atomic E-state index is 15.2. The van der Waals surface area contributed by atoms with Crippen molar-refractivity contribution in [3.05, 3.63) is 89.0 Å². The first-order valence-electron chi connectivity index (χ1n) is 29.3. The monoisotopic (exact) mass is 1380 g/mol. The third kappa shape index (κ3) is 36.0. The summed E-state index contributed by atoms with van der Waals surface area (Å²) in [5, 5.41) is 84.8. The number of rotatable bonds is 50. The molecule has 0 aliphatic heterocycles. The molecule has 0 aliphatic carbocycles. The minimum Gasteiger partial charge on any atom is -0.873 e. The summed E-state index contributed by atoms with van der Waals surface area (Å²) in [5.41, 5.74) is -1.64. The Balaban J connectivity index is 0. The van der Waals surface area contributed by atoms with Crippen LogP contribution in [0.15, 0.2) is 66.7 Å². The van der Waals surface area contributed by atoms with Crippen LogP contribution in [0.2, 0.25) is 0 Å². The molecule has 4 aromatic rings. The summed E-state index contributed by atoms with van der Waals surface area (Å²) in [6.07, 6.45) is 2.09. The van der Waals surface area contributed by atoms with E-state index in [0.29, 0.717) is 97.3 Å². The van der Waals surface area contributed by atoms with E-state index in [1.165, 1.54) is 36.4 Å². The van der Waals surface area contributed by atoms with Crippen LogP contribution >= 0.6 is 0 Å². The molecule has 0 spiro atoms. The fraction of sp³-hybridized carbons (Fsp3) is 0.548. The molecule has 0 saturated heterocycles. The van der Waals surface area contributed by atoms with E-state index < -0.39 is 63.5 Å². The summed E-state index contributed by atoms with van der Waals surface area (Å²) in [7, 11) is 4.74. The number of carbonyl (C=O) groups excluding carboxylic acids is 4. The molecule has 4 N–H and O–H groups in total. The number of benzene rings is 4. The van der Waals surface area contributed by atoms with E-state index in [9.17, 15) is 45.0 Å². The minimum absolute atomic E-state index is 0. The second-order valence-corrected chi connectivity index (χ2v) is 19.8. The molecule has 0 aromatic heterocycles.